The third-order valence-electron chi connectivity index (χ3n) is 3.45. The molecule has 0 bridgehead atoms. The summed E-state index contributed by atoms with van der Waals surface area (Å²) in [4.78, 5) is 0.832. The Morgan fingerprint density at radius 3 is 2.33 bits per heavy atom. The van der Waals surface area contributed by atoms with E-state index in [0.29, 0.717) is 23.2 Å². The van der Waals surface area contributed by atoms with Crippen molar-refractivity contribution in [3.05, 3.63) is 64.2 Å². The van der Waals surface area contributed by atoms with E-state index in [1.54, 1.807) is 0 Å². The van der Waals surface area contributed by atoms with E-state index in [9.17, 15) is 4.21 Å². The van der Waals surface area contributed by atoms with Gasteiger partial charge in [-0.25, -0.2) is 0 Å². The van der Waals surface area contributed by atoms with Crippen LogP contribution in [-0.2, 0) is 23.1 Å². The molecule has 21 heavy (non-hydrogen) atoms. The molecular weight excluding hydrogens is 302 g/mol. The first-order valence-electron chi connectivity index (χ1n) is 6.97. The molecule has 1 atom stereocenters. The van der Waals surface area contributed by atoms with Crippen LogP contribution in [0.15, 0.2) is 47.4 Å². The zero-order valence-corrected chi connectivity index (χ0v) is 13.9. The SMILES string of the molecule is CC(C)c1ccc(S(=O)Cc2ccc(CN)cc2Cl)cc1. The van der Waals surface area contributed by atoms with Gasteiger partial charge in [0, 0.05) is 16.5 Å². The molecule has 0 aliphatic heterocycles. The van der Waals surface area contributed by atoms with Gasteiger partial charge < -0.3 is 5.73 Å². The van der Waals surface area contributed by atoms with E-state index in [4.69, 9.17) is 17.3 Å². The summed E-state index contributed by atoms with van der Waals surface area (Å²) in [6.07, 6.45) is 0. The average molecular weight is 322 g/mol. The Hall–Kier alpha value is -1.16. The van der Waals surface area contributed by atoms with E-state index < -0.39 is 10.8 Å². The van der Waals surface area contributed by atoms with Crippen molar-refractivity contribution in [2.45, 2.75) is 37.0 Å². The van der Waals surface area contributed by atoms with Gasteiger partial charge >= 0.3 is 0 Å². The van der Waals surface area contributed by atoms with Gasteiger partial charge in [0.15, 0.2) is 0 Å². The molecule has 1 unspecified atom stereocenters. The highest BCUT2D eigenvalue weighted by molar-refractivity contribution is 7.84. The highest BCUT2D eigenvalue weighted by Gasteiger charge is 2.09. The summed E-state index contributed by atoms with van der Waals surface area (Å²) < 4.78 is 12.4. The number of rotatable bonds is 5. The van der Waals surface area contributed by atoms with Crippen molar-refractivity contribution < 1.29 is 4.21 Å². The van der Waals surface area contributed by atoms with Crippen LogP contribution >= 0.6 is 11.6 Å². The van der Waals surface area contributed by atoms with Gasteiger partial charge in [-0.05, 0) is 40.8 Å². The lowest BCUT2D eigenvalue weighted by molar-refractivity contribution is 0.682. The Labute approximate surface area is 133 Å². The maximum absolute atomic E-state index is 12.4. The minimum absolute atomic E-state index is 0.421. The van der Waals surface area contributed by atoms with E-state index in [1.165, 1.54) is 5.56 Å². The molecule has 0 aliphatic carbocycles. The lowest BCUT2D eigenvalue weighted by atomic mass is 10.0. The third kappa shape index (κ3) is 4.16. The quantitative estimate of drug-likeness (QED) is 0.895. The molecule has 0 saturated carbocycles. The second-order valence-electron chi connectivity index (χ2n) is 5.34. The van der Waals surface area contributed by atoms with E-state index >= 15 is 0 Å². The fraction of sp³-hybridized carbons (Fsp3) is 0.294. The highest BCUT2D eigenvalue weighted by Crippen LogP contribution is 2.22. The fourth-order valence-corrected chi connectivity index (χ4v) is 3.55. The molecule has 2 aromatic rings. The van der Waals surface area contributed by atoms with Crippen molar-refractivity contribution in [1.29, 1.82) is 0 Å². The second-order valence-corrected chi connectivity index (χ2v) is 7.20. The van der Waals surface area contributed by atoms with Crippen LogP contribution in [0.3, 0.4) is 0 Å². The molecule has 0 aliphatic rings. The number of hydrogen-bond donors (Lipinski definition) is 1. The molecule has 2 aromatic carbocycles. The van der Waals surface area contributed by atoms with Crippen LogP contribution in [0.4, 0.5) is 0 Å². The Kier molecular flexibility index (Phi) is 5.57. The number of nitrogens with two attached hydrogens (primary N) is 1. The average Bonchev–Trinajstić information content (AvgIpc) is 2.49. The maximum atomic E-state index is 12.4. The summed E-state index contributed by atoms with van der Waals surface area (Å²) in [5.74, 6) is 0.899. The molecule has 0 saturated heterocycles. The van der Waals surface area contributed by atoms with Crippen molar-refractivity contribution in [1.82, 2.24) is 0 Å². The second kappa shape index (κ2) is 7.21. The zero-order chi connectivity index (χ0) is 15.4. The van der Waals surface area contributed by atoms with Gasteiger partial charge in [-0.2, -0.15) is 0 Å². The molecule has 0 radical (unpaired) electrons. The van der Waals surface area contributed by atoms with Crippen LogP contribution in [0.25, 0.3) is 0 Å². The number of halogens is 1. The molecule has 0 aromatic heterocycles. The molecule has 4 heteroatoms. The van der Waals surface area contributed by atoms with Gasteiger partial charge in [-0.15, -0.1) is 0 Å². The van der Waals surface area contributed by atoms with Crippen molar-refractivity contribution in [2.24, 2.45) is 5.73 Å². The van der Waals surface area contributed by atoms with Crippen LogP contribution in [0.2, 0.25) is 5.02 Å². The van der Waals surface area contributed by atoms with E-state index in [2.05, 4.69) is 13.8 Å². The van der Waals surface area contributed by atoms with Gasteiger partial charge in [0.05, 0.1) is 16.6 Å². The predicted octanol–water partition coefficient (Wildman–Crippen LogP) is 4.23. The summed E-state index contributed by atoms with van der Waals surface area (Å²) in [5.41, 5.74) is 8.70. The van der Waals surface area contributed by atoms with E-state index in [1.807, 2.05) is 42.5 Å². The van der Waals surface area contributed by atoms with Crippen LogP contribution in [-0.4, -0.2) is 4.21 Å². The van der Waals surface area contributed by atoms with Gasteiger partial charge in [0.1, 0.15) is 0 Å². The molecule has 0 amide bonds. The largest absolute Gasteiger partial charge is 0.326 e. The Balaban J connectivity index is 2.14. The first-order valence-corrected chi connectivity index (χ1v) is 8.66. The zero-order valence-electron chi connectivity index (χ0n) is 12.3. The first-order chi connectivity index (χ1) is 10.0. The van der Waals surface area contributed by atoms with E-state index in [0.717, 1.165) is 16.0 Å². The summed E-state index contributed by atoms with van der Waals surface area (Å²) in [6, 6.07) is 13.6. The van der Waals surface area contributed by atoms with Crippen molar-refractivity contribution in [3.8, 4) is 0 Å². The summed E-state index contributed by atoms with van der Waals surface area (Å²) in [6.45, 7) is 4.75. The molecule has 0 spiro atoms. The van der Waals surface area contributed by atoms with Crippen LogP contribution in [0, 0.1) is 0 Å². The Morgan fingerprint density at radius 1 is 1.14 bits per heavy atom. The summed E-state index contributed by atoms with van der Waals surface area (Å²) in [5, 5.41) is 0.630. The number of hydrogen-bond acceptors (Lipinski definition) is 2. The molecular formula is C17H20ClNOS. The lowest BCUT2D eigenvalue weighted by Crippen LogP contribution is -2.00. The minimum atomic E-state index is -1.09. The van der Waals surface area contributed by atoms with Gasteiger partial charge in [0.25, 0.3) is 0 Å². The fourth-order valence-electron chi connectivity index (χ4n) is 2.06. The van der Waals surface area contributed by atoms with Crippen LogP contribution < -0.4 is 5.73 Å². The molecule has 0 heterocycles. The Bertz CT molecular complexity index is 638. The molecule has 112 valence electrons. The van der Waals surface area contributed by atoms with E-state index in [-0.39, 0.29) is 0 Å². The third-order valence-corrected chi connectivity index (χ3v) is 5.17. The normalized spacial score (nSPS) is 12.6. The Morgan fingerprint density at radius 2 is 1.81 bits per heavy atom. The van der Waals surface area contributed by atoms with Gasteiger partial charge in [0.2, 0.25) is 0 Å². The molecule has 2 rings (SSSR count). The first kappa shape index (κ1) is 16.2. The molecule has 0 fully saturated rings. The summed E-state index contributed by atoms with van der Waals surface area (Å²) in [7, 11) is -1.09. The maximum Gasteiger partial charge on any atom is 0.0574 e. The van der Waals surface area contributed by atoms with Crippen molar-refractivity contribution in [2.75, 3.05) is 0 Å². The number of benzene rings is 2. The van der Waals surface area contributed by atoms with Crippen LogP contribution in [0.1, 0.15) is 36.5 Å². The van der Waals surface area contributed by atoms with Gasteiger partial charge in [-0.3, -0.25) is 4.21 Å². The van der Waals surface area contributed by atoms with Crippen molar-refractivity contribution >= 4 is 22.4 Å². The predicted molar refractivity (Wildman–Crippen MR) is 90.0 cm³/mol. The smallest absolute Gasteiger partial charge is 0.0574 e. The topological polar surface area (TPSA) is 43.1 Å². The van der Waals surface area contributed by atoms with Crippen LogP contribution in [0.5, 0.6) is 0 Å². The summed E-state index contributed by atoms with van der Waals surface area (Å²) >= 11 is 6.22. The van der Waals surface area contributed by atoms with Crippen molar-refractivity contribution in [3.63, 3.8) is 0 Å². The van der Waals surface area contributed by atoms with Gasteiger partial charge in [-0.1, -0.05) is 49.7 Å². The minimum Gasteiger partial charge on any atom is -0.326 e. The highest BCUT2D eigenvalue weighted by atomic mass is 35.5. The molecule has 2 N–H and O–H groups in total. The lowest BCUT2D eigenvalue weighted by Gasteiger charge is -2.08. The standard InChI is InChI=1S/C17H20ClNOS/c1-12(2)14-5-7-16(8-6-14)21(20)11-15-4-3-13(10-19)9-17(15)18/h3-9,12H,10-11,19H2,1-2H3. The molecule has 2 nitrogen and oxygen atoms in total. The monoisotopic (exact) mass is 321 g/mol.